The van der Waals surface area contributed by atoms with Crippen LogP contribution in [0, 0.1) is 6.92 Å². The quantitative estimate of drug-likeness (QED) is 0.240. The van der Waals surface area contributed by atoms with Crippen LogP contribution in [0.4, 0.5) is 17.1 Å². The van der Waals surface area contributed by atoms with E-state index in [4.69, 9.17) is 4.98 Å². The Labute approximate surface area is 229 Å². The Hall–Kier alpha value is -3.89. The summed E-state index contributed by atoms with van der Waals surface area (Å²) >= 11 is 1.89. The van der Waals surface area contributed by atoms with Crippen molar-refractivity contribution in [1.82, 2.24) is 9.97 Å². The van der Waals surface area contributed by atoms with Crippen LogP contribution in [0.1, 0.15) is 37.5 Å². The molecule has 0 fully saturated rings. The molecule has 0 radical (unpaired) electrons. The van der Waals surface area contributed by atoms with Crippen LogP contribution in [0.25, 0.3) is 22.5 Å². The second kappa shape index (κ2) is 9.77. The lowest BCUT2D eigenvalue weighted by atomic mass is 9.87. The lowest BCUT2D eigenvalue weighted by molar-refractivity contribution is 0.589. The summed E-state index contributed by atoms with van der Waals surface area (Å²) in [6.45, 7) is 8.84. The van der Waals surface area contributed by atoms with Crippen LogP contribution in [-0.4, -0.2) is 9.97 Å². The van der Waals surface area contributed by atoms with E-state index in [0.717, 1.165) is 34.0 Å². The zero-order valence-electron chi connectivity index (χ0n) is 22.3. The highest BCUT2D eigenvalue weighted by molar-refractivity contribution is 7.98. The van der Waals surface area contributed by atoms with E-state index in [9.17, 15) is 0 Å². The van der Waals surface area contributed by atoms with Crippen LogP contribution < -0.4 is 4.90 Å². The molecule has 6 rings (SSSR count). The van der Waals surface area contributed by atoms with Crippen molar-refractivity contribution >= 4 is 28.8 Å². The SMILES string of the molecule is Cc1ccnc(-c2ccc3c(c2)N(c2cccc(-c4cc(C(C)(C)C)ccn4)c2)c2ccccc2CS3)c1. The van der Waals surface area contributed by atoms with E-state index in [1.54, 1.807) is 0 Å². The van der Waals surface area contributed by atoms with Crippen molar-refractivity contribution in [1.29, 1.82) is 0 Å². The molecule has 188 valence electrons. The first kappa shape index (κ1) is 24.4. The fraction of sp³-hybridized carbons (Fsp3) is 0.176. The summed E-state index contributed by atoms with van der Waals surface area (Å²) in [5.41, 5.74) is 11.6. The molecule has 0 N–H and O–H groups in total. The number of rotatable bonds is 3. The first-order valence-electron chi connectivity index (χ1n) is 13.0. The molecule has 1 aliphatic rings. The number of hydrogen-bond acceptors (Lipinski definition) is 4. The van der Waals surface area contributed by atoms with Crippen molar-refractivity contribution in [3.8, 4) is 22.5 Å². The molecule has 0 atom stereocenters. The van der Waals surface area contributed by atoms with Gasteiger partial charge in [0, 0.05) is 39.9 Å². The molecule has 38 heavy (non-hydrogen) atoms. The standard InChI is InChI=1S/C34H31N3S/c1-23-14-16-35-29(18-23)25-12-13-33-32(20-25)37(31-11-6-5-8-26(31)22-38-33)28-10-7-9-24(19-28)30-21-27(15-17-36-30)34(2,3)4/h5-21H,22H2,1-4H3. The summed E-state index contributed by atoms with van der Waals surface area (Å²) in [6.07, 6.45) is 3.82. The van der Waals surface area contributed by atoms with Gasteiger partial charge in [0.1, 0.15) is 0 Å². The summed E-state index contributed by atoms with van der Waals surface area (Å²) in [7, 11) is 0. The molecule has 4 heteroatoms. The number of fused-ring (bicyclic) bond motifs is 2. The maximum absolute atomic E-state index is 4.75. The fourth-order valence-corrected chi connectivity index (χ4v) is 5.96. The fourth-order valence-electron chi connectivity index (χ4n) is 4.94. The van der Waals surface area contributed by atoms with Crippen LogP contribution in [-0.2, 0) is 11.2 Å². The average Bonchev–Trinajstić information content (AvgIpc) is 3.09. The number of thioether (sulfide) groups is 1. The van der Waals surface area contributed by atoms with Crippen LogP contribution in [0.5, 0.6) is 0 Å². The van der Waals surface area contributed by atoms with Gasteiger partial charge in [-0.15, -0.1) is 11.8 Å². The van der Waals surface area contributed by atoms with Crippen LogP contribution in [0.2, 0.25) is 0 Å². The van der Waals surface area contributed by atoms with Crippen molar-refractivity contribution in [2.45, 2.75) is 43.8 Å². The highest BCUT2D eigenvalue weighted by Crippen LogP contribution is 2.48. The van der Waals surface area contributed by atoms with Crippen molar-refractivity contribution in [2.75, 3.05) is 4.90 Å². The lowest BCUT2D eigenvalue weighted by Crippen LogP contribution is -2.12. The van der Waals surface area contributed by atoms with E-state index in [1.807, 2.05) is 30.2 Å². The summed E-state index contributed by atoms with van der Waals surface area (Å²) in [5, 5.41) is 0. The predicted molar refractivity (Wildman–Crippen MR) is 161 cm³/mol. The number of aromatic nitrogens is 2. The monoisotopic (exact) mass is 513 g/mol. The minimum Gasteiger partial charge on any atom is -0.309 e. The molecule has 3 heterocycles. The van der Waals surface area contributed by atoms with Gasteiger partial charge in [0.05, 0.1) is 22.8 Å². The highest BCUT2D eigenvalue weighted by Gasteiger charge is 2.24. The third kappa shape index (κ3) is 4.72. The Balaban J connectivity index is 1.52. The van der Waals surface area contributed by atoms with E-state index in [0.29, 0.717) is 0 Å². The van der Waals surface area contributed by atoms with E-state index in [2.05, 4.69) is 123 Å². The van der Waals surface area contributed by atoms with E-state index in [-0.39, 0.29) is 5.41 Å². The Morgan fingerprint density at radius 3 is 2.29 bits per heavy atom. The minimum atomic E-state index is 0.0649. The molecule has 1 aliphatic heterocycles. The largest absolute Gasteiger partial charge is 0.309 e. The van der Waals surface area contributed by atoms with Crippen molar-refractivity contribution in [3.05, 3.63) is 120 Å². The molecule has 0 saturated heterocycles. The number of para-hydroxylation sites is 1. The molecule has 0 amide bonds. The molecule has 3 nitrogen and oxygen atoms in total. The molecule has 0 saturated carbocycles. The van der Waals surface area contributed by atoms with Gasteiger partial charge in [-0.25, -0.2) is 0 Å². The number of nitrogens with zero attached hydrogens (tertiary/aromatic N) is 3. The normalized spacial score (nSPS) is 13.0. The highest BCUT2D eigenvalue weighted by atomic mass is 32.2. The molecule has 5 aromatic rings. The topological polar surface area (TPSA) is 29.0 Å². The third-order valence-corrected chi connectivity index (χ3v) is 8.16. The number of benzene rings is 3. The zero-order valence-corrected chi connectivity index (χ0v) is 23.1. The Kier molecular flexibility index (Phi) is 6.29. The van der Waals surface area contributed by atoms with Crippen LogP contribution >= 0.6 is 11.8 Å². The van der Waals surface area contributed by atoms with Gasteiger partial charge in [-0.05, 0) is 83.6 Å². The smallest absolute Gasteiger partial charge is 0.0705 e. The van der Waals surface area contributed by atoms with Crippen molar-refractivity contribution in [3.63, 3.8) is 0 Å². The molecule has 0 bridgehead atoms. The molecule has 3 aromatic carbocycles. The van der Waals surface area contributed by atoms with Crippen LogP contribution in [0.15, 0.2) is 108 Å². The van der Waals surface area contributed by atoms with Gasteiger partial charge in [-0.3, -0.25) is 9.97 Å². The van der Waals surface area contributed by atoms with E-state index in [1.165, 1.54) is 33.0 Å². The number of pyridine rings is 2. The second-order valence-corrected chi connectivity index (χ2v) is 11.9. The Morgan fingerprint density at radius 2 is 1.47 bits per heavy atom. The summed E-state index contributed by atoms with van der Waals surface area (Å²) in [5.74, 6) is 0.927. The lowest BCUT2D eigenvalue weighted by Gasteiger charge is -2.28. The summed E-state index contributed by atoms with van der Waals surface area (Å²) in [6, 6.07) is 32.8. The molecular weight excluding hydrogens is 482 g/mol. The van der Waals surface area contributed by atoms with E-state index >= 15 is 0 Å². The first-order chi connectivity index (χ1) is 18.4. The van der Waals surface area contributed by atoms with Gasteiger partial charge in [-0.1, -0.05) is 57.2 Å². The predicted octanol–water partition coefficient (Wildman–Crippen LogP) is 9.49. The molecular formula is C34H31N3S. The van der Waals surface area contributed by atoms with Gasteiger partial charge in [0.25, 0.3) is 0 Å². The van der Waals surface area contributed by atoms with Crippen molar-refractivity contribution < 1.29 is 0 Å². The maximum Gasteiger partial charge on any atom is 0.0705 e. The Morgan fingerprint density at radius 1 is 0.711 bits per heavy atom. The Bertz CT molecular complexity index is 1630. The molecule has 2 aromatic heterocycles. The van der Waals surface area contributed by atoms with Gasteiger partial charge < -0.3 is 4.90 Å². The molecule has 0 aliphatic carbocycles. The summed E-state index contributed by atoms with van der Waals surface area (Å²) < 4.78 is 0. The minimum absolute atomic E-state index is 0.0649. The van der Waals surface area contributed by atoms with Crippen molar-refractivity contribution in [2.24, 2.45) is 0 Å². The first-order valence-corrected chi connectivity index (χ1v) is 14.0. The number of hydrogen-bond donors (Lipinski definition) is 0. The van der Waals surface area contributed by atoms with Gasteiger partial charge >= 0.3 is 0 Å². The molecule has 0 spiro atoms. The maximum atomic E-state index is 4.75. The third-order valence-electron chi connectivity index (χ3n) is 7.05. The number of aryl methyl sites for hydroxylation is 1. The average molecular weight is 514 g/mol. The zero-order chi connectivity index (χ0) is 26.3. The summed E-state index contributed by atoms with van der Waals surface area (Å²) in [4.78, 5) is 13.1. The van der Waals surface area contributed by atoms with Crippen LogP contribution in [0.3, 0.4) is 0 Å². The second-order valence-electron chi connectivity index (χ2n) is 10.9. The van der Waals surface area contributed by atoms with Gasteiger partial charge in [0.15, 0.2) is 0 Å². The van der Waals surface area contributed by atoms with Gasteiger partial charge in [0.2, 0.25) is 0 Å². The molecule has 0 unspecified atom stereocenters. The van der Waals surface area contributed by atoms with Gasteiger partial charge in [-0.2, -0.15) is 0 Å². The number of anilines is 3. The van der Waals surface area contributed by atoms with E-state index < -0.39 is 0 Å².